The minimum Gasteiger partial charge on any atom is -0.481 e. The van der Waals surface area contributed by atoms with Gasteiger partial charge in [0.25, 0.3) is 11.8 Å². The molecule has 0 saturated carbocycles. The SMILES string of the molecule is CC(Oc1ccc2ccccc2c1)C(=O)NNC(=O)c1ccccn1. The zero-order valence-corrected chi connectivity index (χ0v) is 13.6. The Morgan fingerprint density at radius 3 is 2.48 bits per heavy atom. The van der Waals surface area contributed by atoms with Crippen LogP contribution in [0.25, 0.3) is 10.8 Å². The van der Waals surface area contributed by atoms with Crippen molar-refractivity contribution in [2.75, 3.05) is 0 Å². The summed E-state index contributed by atoms with van der Waals surface area (Å²) in [6, 6.07) is 18.4. The lowest BCUT2D eigenvalue weighted by Crippen LogP contribution is -2.47. The Balaban J connectivity index is 1.57. The van der Waals surface area contributed by atoms with Gasteiger partial charge in [-0.05, 0) is 42.0 Å². The van der Waals surface area contributed by atoms with E-state index in [2.05, 4.69) is 15.8 Å². The van der Waals surface area contributed by atoms with Crippen molar-refractivity contribution in [1.29, 1.82) is 0 Å². The maximum atomic E-state index is 12.1. The van der Waals surface area contributed by atoms with Gasteiger partial charge in [-0.25, -0.2) is 0 Å². The molecule has 2 aromatic carbocycles. The topological polar surface area (TPSA) is 80.3 Å². The van der Waals surface area contributed by atoms with Gasteiger partial charge in [-0.2, -0.15) is 0 Å². The highest BCUT2D eigenvalue weighted by molar-refractivity contribution is 5.94. The Hall–Kier alpha value is -3.41. The van der Waals surface area contributed by atoms with Crippen molar-refractivity contribution in [1.82, 2.24) is 15.8 Å². The third-order valence-corrected chi connectivity index (χ3v) is 3.60. The number of nitrogens with zero attached hydrogens (tertiary/aromatic N) is 1. The van der Waals surface area contributed by atoms with E-state index in [4.69, 9.17) is 4.74 Å². The van der Waals surface area contributed by atoms with Gasteiger partial charge in [-0.1, -0.05) is 36.4 Å². The molecule has 1 heterocycles. The number of nitrogens with one attached hydrogen (secondary N) is 2. The molecule has 0 aliphatic carbocycles. The molecule has 6 nitrogen and oxygen atoms in total. The van der Waals surface area contributed by atoms with Gasteiger partial charge < -0.3 is 4.74 Å². The van der Waals surface area contributed by atoms with Crippen molar-refractivity contribution in [3.63, 3.8) is 0 Å². The van der Waals surface area contributed by atoms with Crippen LogP contribution in [0.5, 0.6) is 5.75 Å². The summed E-state index contributed by atoms with van der Waals surface area (Å²) in [6.45, 7) is 1.61. The Labute approximate surface area is 144 Å². The summed E-state index contributed by atoms with van der Waals surface area (Å²) in [4.78, 5) is 27.8. The molecule has 3 rings (SSSR count). The number of amides is 2. The first-order valence-electron chi connectivity index (χ1n) is 7.80. The van der Waals surface area contributed by atoms with E-state index in [0.29, 0.717) is 5.75 Å². The number of hydrogen-bond acceptors (Lipinski definition) is 4. The van der Waals surface area contributed by atoms with Gasteiger partial charge in [-0.15, -0.1) is 0 Å². The lowest BCUT2D eigenvalue weighted by Gasteiger charge is -2.15. The standard InChI is InChI=1S/C19H17N3O3/c1-13(18(23)21-22-19(24)17-8-4-5-11-20-17)25-16-10-9-14-6-2-3-7-15(14)12-16/h2-13H,1H3,(H,21,23)(H,22,24). The molecule has 0 radical (unpaired) electrons. The molecule has 1 aromatic heterocycles. The van der Waals surface area contributed by atoms with Crippen LogP contribution >= 0.6 is 0 Å². The van der Waals surface area contributed by atoms with E-state index >= 15 is 0 Å². The van der Waals surface area contributed by atoms with E-state index in [0.717, 1.165) is 10.8 Å². The molecule has 1 atom stereocenters. The summed E-state index contributed by atoms with van der Waals surface area (Å²) in [7, 11) is 0. The van der Waals surface area contributed by atoms with Crippen LogP contribution in [-0.2, 0) is 4.79 Å². The number of pyridine rings is 1. The predicted molar refractivity (Wildman–Crippen MR) is 93.9 cm³/mol. The molecule has 6 heteroatoms. The summed E-state index contributed by atoms with van der Waals surface area (Å²) in [5, 5.41) is 2.12. The minimum absolute atomic E-state index is 0.214. The average Bonchev–Trinajstić information content (AvgIpc) is 2.66. The van der Waals surface area contributed by atoms with E-state index in [1.807, 2.05) is 36.4 Å². The normalized spacial score (nSPS) is 11.6. The lowest BCUT2D eigenvalue weighted by atomic mass is 10.1. The van der Waals surface area contributed by atoms with Crippen LogP contribution in [0.4, 0.5) is 0 Å². The molecule has 2 amide bonds. The van der Waals surface area contributed by atoms with Gasteiger partial charge in [0, 0.05) is 6.20 Å². The number of hydrazine groups is 1. The van der Waals surface area contributed by atoms with Gasteiger partial charge in [0.05, 0.1) is 0 Å². The summed E-state index contributed by atoms with van der Waals surface area (Å²) in [5.41, 5.74) is 4.86. The molecule has 25 heavy (non-hydrogen) atoms. The van der Waals surface area contributed by atoms with Gasteiger partial charge in [0.2, 0.25) is 0 Å². The van der Waals surface area contributed by atoms with Crippen molar-refractivity contribution in [3.05, 3.63) is 72.6 Å². The summed E-state index contributed by atoms with van der Waals surface area (Å²) in [5.74, 6) is -0.373. The number of hydrogen-bond donors (Lipinski definition) is 2. The Bertz CT molecular complexity index is 897. The Morgan fingerprint density at radius 1 is 0.960 bits per heavy atom. The zero-order valence-electron chi connectivity index (χ0n) is 13.6. The van der Waals surface area contributed by atoms with Crippen LogP contribution in [0.2, 0.25) is 0 Å². The first-order chi connectivity index (χ1) is 12.1. The first-order valence-corrected chi connectivity index (χ1v) is 7.80. The zero-order chi connectivity index (χ0) is 17.6. The van der Waals surface area contributed by atoms with Crippen LogP contribution in [0, 0.1) is 0 Å². The third kappa shape index (κ3) is 4.11. The fourth-order valence-electron chi connectivity index (χ4n) is 2.28. The highest BCUT2D eigenvalue weighted by Gasteiger charge is 2.16. The number of rotatable bonds is 4. The van der Waals surface area contributed by atoms with Gasteiger partial charge in [0.1, 0.15) is 11.4 Å². The predicted octanol–water partition coefficient (Wildman–Crippen LogP) is 2.46. The highest BCUT2D eigenvalue weighted by atomic mass is 16.5. The second kappa shape index (κ2) is 7.44. The Kier molecular flexibility index (Phi) is 4.89. The molecule has 126 valence electrons. The Morgan fingerprint density at radius 2 is 1.72 bits per heavy atom. The second-order valence-corrected chi connectivity index (χ2v) is 5.43. The second-order valence-electron chi connectivity index (χ2n) is 5.43. The van der Waals surface area contributed by atoms with Crippen LogP contribution in [-0.4, -0.2) is 22.9 Å². The van der Waals surface area contributed by atoms with Crippen molar-refractivity contribution in [3.8, 4) is 5.75 Å². The van der Waals surface area contributed by atoms with E-state index in [9.17, 15) is 9.59 Å². The van der Waals surface area contributed by atoms with E-state index in [1.165, 1.54) is 6.20 Å². The van der Waals surface area contributed by atoms with Gasteiger partial charge in [-0.3, -0.25) is 25.4 Å². The molecule has 0 saturated heterocycles. The fourth-order valence-corrected chi connectivity index (χ4v) is 2.28. The van der Waals surface area contributed by atoms with Crippen LogP contribution in [0.1, 0.15) is 17.4 Å². The first kappa shape index (κ1) is 16.4. The van der Waals surface area contributed by atoms with Gasteiger partial charge >= 0.3 is 0 Å². The number of ether oxygens (including phenoxy) is 1. The molecule has 0 aliphatic heterocycles. The van der Waals surface area contributed by atoms with Crippen LogP contribution in [0.15, 0.2) is 66.9 Å². The number of benzene rings is 2. The van der Waals surface area contributed by atoms with Crippen LogP contribution in [0.3, 0.4) is 0 Å². The third-order valence-electron chi connectivity index (χ3n) is 3.60. The molecule has 0 spiro atoms. The number of carbonyl (C=O) groups is 2. The smallest absolute Gasteiger partial charge is 0.288 e. The van der Waals surface area contributed by atoms with Crippen molar-refractivity contribution < 1.29 is 14.3 Å². The molecule has 1 unspecified atom stereocenters. The minimum atomic E-state index is -0.773. The van der Waals surface area contributed by atoms with Crippen molar-refractivity contribution >= 4 is 22.6 Å². The number of carbonyl (C=O) groups excluding carboxylic acids is 2. The molecule has 0 aliphatic rings. The van der Waals surface area contributed by atoms with E-state index < -0.39 is 17.9 Å². The monoisotopic (exact) mass is 335 g/mol. The number of fused-ring (bicyclic) bond motifs is 1. The summed E-state index contributed by atoms with van der Waals surface area (Å²) < 4.78 is 5.64. The van der Waals surface area contributed by atoms with Crippen LogP contribution < -0.4 is 15.6 Å². The molecule has 0 bridgehead atoms. The summed E-state index contributed by atoms with van der Waals surface area (Å²) >= 11 is 0. The molecule has 2 N–H and O–H groups in total. The molecule has 0 fully saturated rings. The molecule has 3 aromatic rings. The van der Waals surface area contributed by atoms with E-state index in [-0.39, 0.29) is 5.69 Å². The lowest BCUT2D eigenvalue weighted by molar-refractivity contribution is -0.128. The highest BCUT2D eigenvalue weighted by Crippen LogP contribution is 2.21. The van der Waals surface area contributed by atoms with E-state index in [1.54, 1.807) is 31.2 Å². The van der Waals surface area contributed by atoms with Crippen molar-refractivity contribution in [2.45, 2.75) is 13.0 Å². The maximum absolute atomic E-state index is 12.1. The average molecular weight is 335 g/mol. The molecular weight excluding hydrogens is 318 g/mol. The quantitative estimate of drug-likeness (QED) is 0.718. The van der Waals surface area contributed by atoms with Crippen molar-refractivity contribution in [2.24, 2.45) is 0 Å². The molecular formula is C19H17N3O3. The number of aromatic nitrogens is 1. The maximum Gasteiger partial charge on any atom is 0.288 e. The van der Waals surface area contributed by atoms with Gasteiger partial charge in [0.15, 0.2) is 6.10 Å². The largest absolute Gasteiger partial charge is 0.481 e. The summed E-state index contributed by atoms with van der Waals surface area (Å²) in [6.07, 6.45) is 0.729. The fraction of sp³-hybridized carbons (Fsp3) is 0.105.